The third kappa shape index (κ3) is 3.75. The van der Waals surface area contributed by atoms with Crippen molar-refractivity contribution in [2.75, 3.05) is 5.32 Å². The van der Waals surface area contributed by atoms with E-state index in [1.54, 1.807) is 26.0 Å². The maximum absolute atomic E-state index is 12.4. The first-order valence-corrected chi connectivity index (χ1v) is 9.17. The molecule has 3 rings (SSSR count). The molecule has 134 valence electrons. The smallest absolute Gasteiger partial charge is 0.284 e. The van der Waals surface area contributed by atoms with Crippen molar-refractivity contribution in [1.82, 2.24) is 10.1 Å². The van der Waals surface area contributed by atoms with E-state index >= 15 is 0 Å². The van der Waals surface area contributed by atoms with Gasteiger partial charge in [0.2, 0.25) is 0 Å². The molecule has 0 bridgehead atoms. The number of carbonyl (C=O) groups is 1. The molecule has 0 aliphatic heterocycles. The lowest BCUT2D eigenvalue weighted by atomic mass is 10.2. The Bertz CT molecular complexity index is 977. The van der Waals surface area contributed by atoms with Crippen molar-refractivity contribution in [2.45, 2.75) is 30.0 Å². The Morgan fingerprint density at radius 3 is 2.69 bits per heavy atom. The van der Waals surface area contributed by atoms with Crippen LogP contribution >= 0.6 is 23.1 Å². The molecule has 1 N–H and O–H groups in total. The molecule has 0 atom stereocenters. The number of hydrogen-bond acceptors (Lipinski definition) is 8. The highest BCUT2D eigenvalue weighted by atomic mass is 32.2. The van der Waals surface area contributed by atoms with Gasteiger partial charge in [0, 0.05) is 22.7 Å². The van der Waals surface area contributed by atoms with E-state index < -0.39 is 10.8 Å². The highest BCUT2D eigenvalue weighted by Crippen LogP contribution is 2.37. The molecule has 0 unspecified atom stereocenters. The summed E-state index contributed by atoms with van der Waals surface area (Å²) in [4.78, 5) is 28.1. The van der Waals surface area contributed by atoms with E-state index in [9.17, 15) is 14.9 Å². The molecule has 1 amide bonds. The summed E-state index contributed by atoms with van der Waals surface area (Å²) in [5.74, 6) is 0.000748. The molecule has 2 heterocycles. The first kappa shape index (κ1) is 18.1. The molecule has 0 aliphatic rings. The lowest BCUT2D eigenvalue weighted by Crippen LogP contribution is -2.13. The average molecular weight is 390 g/mol. The van der Waals surface area contributed by atoms with E-state index in [1.165, 1.54) is 29.2 Å². The van der Waals surface area contributed by atoms with Crippen molar-refractivity contribution in [1.29, 1.82) is 0 Å². The van der Waals surface area contributed by atoms with Crippen LogP contribution < -0.4 is 5.32 Å². The summed E-state index contributed by atoms with van der Waals surface area (Å²) in [5.41, 5.74) is 1.90. The summed E-state index contributed by atoms with van der Waals surface area (Å²) >= 11 is 2.62. The minimum absolute atomic E-state index is 0.144. The maximum atomic E-state index is 12.4. The first-order chi connectivity index (χ1) is 12.3. The van der Waals surface area contributed by atoms with E-state index in [-0.39, 0.29) is 11.3 Å². The predicted octanol–water partition coefficient (Wildman–Crippen LogP) is 4.37. The van der Waals surface area contributed by atoms with Crippen LogP contribution in [0.25, 0.3) is 0 Å². The number of amides is 1. The van der Waals surface area contributed by atoms with Gasteiger partial charge in [-0.05, 0) is 32.9 Å². The minimum atomic E-state index is -0.504. The number of nitrogens with one attached hydrogen (secondary N) is 1. The number of thiazole rings is 1. The third-order valence-electron chi connectivity index (χ3n) is 3.48. The van der Waals surface area contributed by atoms with Crippen LogP contribution in [-0.2, 0) is 0 Å². The molecule has 3 aromatic rings. The fourth-order valence-corrected chi connectivity index (χ4v) is 4.09. The monoisotopic (exact) mass is 390 g/mol. The normalized spacial score (nSPS) is 10.7. The third-order valence-corrected chi connectivity index (χ3v) is 5.61. The molecule has 1 aromatic carbocycles. The summed E-state index contributed by atoms with van der Waals surface area (Å²) in [6.45, 7) is 5.23. The fraction of sp³-hybridized carbons (Fsp3) is 0.188. The topological polar surface area (TPSA) is 111 Å². The Morgan fingerprint density at radius 1 is 1.35 bits per heavy atom. The highest BCUT2D eigenvalue weighted by Gasteiger charge is 2.21. The number of nitro benzene ring substituents is 1. The van der Waals surface area contributed by atoms with Gasteiger partial charge in [0.1, 0.15) is 11.4 Å². The zero-order valence-corrected chi connectivity index (χ0v) is 15.7. The van der Waals surface area contributed by atoms with E-state index in [0.29, 0.717) is 26.4 Å². The second kappa shape index (κ2) is 7.26. The molecule has 8 nitrogen and oxygen atoms in total. The van der Waals surface area contributed by atoms with Crippen molar-refractivity contribution in [3.63, 3.8) is 0 Å². The van der Waals surface area contributed by atoms with Gasteiger partial charge in [0.15, 0.2) is 10.1 Å². The van der Waals surface area contributed by atoms with Gasteiger partial charge in [0.05, 0.1) is 9.82 Å². The molecule has 0 radical (unpaired) electrons. The summed E-state index contributed by atoms with van der Waals surface area (Å²) in [6.07, 6.45) is 0. The predicted molar refractivity (Wildman–Crippen MR) is 98.0 cm³/mol. The van der Waals surface area contributed by atoms with Crippen LogP contribution in [0.15, 0.2) is 37.3 Å². The second-order valence-corrected chi connectivity index (χ2v) is 7.60. The summed E-state index contributed by atoms with van der Waals surface area (Å²) in [6, 6.07) is 4.36. The number of anilines is 1. The van der Waals surface area contributed by atoms with Crippen LogP contribution in [0.1, 0.15) is 27.5 Å². The summed E-state index contributed by atoms with van der Waals surface area (Å²) in [5, 5.41) is 19.8. The fourth-order valence-electron chi connectivity index (χ4n) is 2.21. The van der Waals surface area contributed by atoms with Gasteiger partial charge >= 0.3 is 0 Å². The standard InChI is InChI=1S/C16H14N4O4S2/c1-8-7-25-16(17-8)26-13-5-4-11(6-12(13)20(22)23)15(21)18-14-9(2)19-24-10(14)3/h4-7H,1-3H3,(H,18,21). The molecule has 0 aliphatic carbocycles. The summed E-state index contributed by atoms with van der Waals surface area (Å²) in [7, 11) is 0. The zero-order valence-electron chi connectivity index (χ0n) is 14.1. The Morgan fingerprint density at radius 2 is 2.12 bits per heavy atom. The van der Waals surface area contributed by atoms with Crippen LogP contribution in [0.3, 0.4) is 0 Å². The van der Waals surface area contributed by atoms with E-state index in [4.69, 9.17) is 4.52 Å². The number of hydrogen-bond donors (Lipinski definition) is 1. The van der Waals surface area contributed by atoms with Crippen LogP contribution in [0, 0.1) is 30.9 Å². The number of nitrogens with zero attached hydrogens (tertiary/aromatic N) is 3. The van der Waals surface area contributed by atoms with Gasteiger partial charge in [0.25, 0.3) is 11.6 Å². The zero-order chi connectivity index (χ0) is 18.8. The Labute approximate surface area is 156 Å². The van der Waals surface area contributed by atoms with Gasteiger partial charge in [-0.3, -0.25) is 14.9 Å². The Kier molecular flexibility index (Phi) is 5.05. The van der Waals surface area contributed by atoms with Crippen LogP contribution in [-0.4, -0.2) is 21.0 Å². The van der Waals surface area contributed by atoms with Crippen LogP contribution in [0.5, 0.6) is 0 Å². The number of aromatic nitrogens is 2. The highest BCUT2D eigenvalue weighted by molar-refractivity contribution is 8.01. The average Bonchev–Trinajstić information content (AvgIpc) is 3.14. The minimum Gasteiger partial charge on any atom is -0.359 e. The molecule has 2 aromatic heterocycles. The molecule has 0 fully saturated rings. The number of aryl methyl sites for hydroxylation is 3. The van der Waals surface area contributed by atoms with Gasteiger partial charge in [-0.25, -0.2) is 4.98 Å². The van der Waals surface area contributed by atoms with Crippen LogP contribution in [0.4, 0.5) is 11.4 Å². The molecule has 0 saturated heterocycles. The molecule has 26 heavy (non-hydrogen) atoms. The molecule has 10 heteroatoms. The van der Waals surface area contributed by atoms with E-state index in [0.717, 1.165) is 5.69 Å². The lowest BCUT2D eigenvalue weighted by molar-refractivity contribution is -0.387. The maximum Gasteiger partial charge on any atom is 0.284 e. The van der Waals surface area contributed by atoms with Gasteiger partial charge in [-0.2, -0.15) is 0 Å². The summed E-state index contributed by atoms with van der Waals surface area (Å²) < 4.78 is 5.71. The Hall–Kier alpha value is -2.72. The lowest BCUT2D eigenvalue weighted by Gasteiger charge is -2.06. The second-order valence-electron chi connectivity index (χ2n) is 5.45. The van der Waals surface area contributed by atoms with Gasteiger partial charge < -0.3 is 9.84 Å². The SMILES string of the molecule is Cc1csc(Sc2ccc(C(=O)Nc3c(C)noc3C)cc2[N+](=O)[O-])n1. The number of carbonyl (C=O) groups excluding carboxylic acids is 1. The van der Waals surface area contributed by atoms with E-state index in [1.807, 2.05) is 12.3 Å². The molecular formula is C16H14N4O4S2. The number of rotatable bonds is 5. The first-order valence-electron chi connectivity index (χ1n) is 7.48. The van der Waals surface area contributed by atoms with Crippen molar-refractivity contribution in [2.24, 2.45) is 0 Å². The quantitative estimate of drug-likeness (QED) is 0.508. The largest absolute Gasteiger partial charge is 0.359 e. The number of nitro groups is 1. The van der Waals surface area contributed by atoms with Gasteiger partial charge in [-0.1, -0.05) is 16.9 Å². The van der Waals surface area contributed by atoms with Crippen molar-refractivity contribution < 1.29 is 14.2 Å². The van der Waals surface area contributed by atoms with Crippen LogP contribution in [0.2, 0.25) is 0 Å². The number of benzene rings is 1. The molecular weight excluding hydrogens is 376 g/mol. The van der Waals surface area contributed by atoms with E-state index in [2.05, 4.69) is 15.5 Å². The van der Waals surface area contributed by atoms with Crippen molar-refractivity contribution >= 4 is 40.4 Å². The van der Waals surface area contributed by atoms with Crippen molar-refractivity contribution in [3.05, 3.63) is 56.4 Å². The molecule has 0 spiro atoms. The Balaban J connectivity index is 1.88. The molecule has 0 saturated carbocycles. The van der Waals surface area contributed by atoms with Gasteiger partial charge in [-0.15, -0.1) is 11.3 Å². The van der Waals surface area contributed by atoms with Crippen molar-refractivity contribution in [3.8, 4) is 0 Å².